The van der Waals surface area contributed by atoms with E-state index in [0.717, 1.165) is 27.4 Å². The summed E-state index contributed by atoms with van der Waals surface area (Å²) in [4.78, 5) is 10.5. The molecule has 0 spiro atoms. The molecule has 2 aromatic rings. The van der Waals surface area contributed by atoms with Crippen molar-refractivity contribution >= 4 is 40.4 Å². The third kappa shape index (κ3) is 1.73. The van der Waals surface area contributed by atoms with Crippen LogP contribution in [-0.2, 0) is 0 Å². The van der Waals surface area contributed by atoms with Crippen LogP contribution >= 0.6 is 11.6 Å². The fourth-order valence-electron chi connectivity index (χ4n) is 2.11. The summed E-state index contributed by atoms with van der Waals surface area (Å²) in [5.74, 6) is 0. The molecule has 0 aromatic carbocycles. The van der Waals surface area contributed by atoms with Gasteiger partial charge in [-0.25, -0.2) is 0 Å². The Bertz CT molecular complexity index is 610. The van der Waals surface area contributed by atoms with Crippen molar-refractivity contribution in [3.63, 3.8) is 0 Å². The normalized spacial score (nSPS) is 15.4. The first-order valence-electron chi connectivity index (χ1n) is 5.39. The Morgan fingerprint density at radius 1 is 1.35 bits per heavy atom. The molecule has 3 heterocycles. The molecule has 0 amide bonds. The number of nitrogens with zero attached hydrogens (tertiary/aromatic N) is 4. The first-order valence-corrected chi connectivity index (χ1v) is 7.48. The van der Waals surface area contributed by atoms with Gasteiger partial charge in [0.15, 0.2) is 0 Å². The summed E-state index contributed by atoms with van der Waals surface area (Å²) in [5, 5.41) is 9.80. The van der Waals surface area contributed by atoms with Gasteiger partial charge in [-0.15, -0.1) is 0 Å². The molecule has 1 saturated heterocycles. The molecule has 3 rings (SSSR count). The van der Waals surface area contributed by atoms with Gasteiger partial charge >= 0.3 is 110 Å². The molecular formula is C11H9ClN4Se. The molecule has 86 valence electrons. The number of aromatic nitrogens is 2. The third-order valence-corrected chi connectivity index (χ3v) is 6.07. The van der Waals surface area contributed by atoms with Crippen LogP contribution in [0.25, 0.3) is 9.78 Å². The van der Waals surface area contributed by atoms with E-state index in [1.807, 2.05) is 0 Å². The van der Waals surface area contributed by atoms with Gasteiger partial charge in [-0.1, -0.05) is 0 Å². The zero-order valence-corrected chi connectivity index (χ0v) is 11.4. The Hall–Kier alpha value is -1.08. The fraction of sp³-hybridized carbons (Fsp3) is 0.364. The predicted octanol–water partition coefficient (Wildman–Crippen LogP) is 1.81. The molecule has 1 aliphatic rings. The predicted molar refractivity (Wildman–Crippen MR) is 67.7 cm³/mol. The van der Waals surface area contributed by atoms with Crippen LogP contribution < -0.4 is 4.90 Å². The molecule has 17 heavy (non-hydrogen) atoms. The van der Waals surface area contributed by atoms with E-state index < -0.39 is 0 Å². The van der Waals surface area contributed by atoms with Crippen molar-refractivity contribution in [2.24, 2.45) is 0 Å². The minimum atomic E-state index is 0.0725. The number of hydrogen-bond donors (Lipinski definition) is 0. The molecule has 6 heteroatoms. The quantitative estimate of drug-likeness (QED) is 0.595. The fourth-order valence-corrected chi connectivity index (χ4v) is 4.83. The molecule has 0 N–H and O–H groups in total. The van der Waals surface area contributed by atoms with Gasteiger partial charge in [-0.2, -0.15) is 0 Å². The number of nitriles is 1. The number of hydrogen-bond acceptors (Lipinski definition) is 4. The zero-order valence-electron chi connectivity index (χ0n) is 8.98. The molecule has 0 atom stereocenters. The van der Waals surface area contributed by atoms with Crippen LogP contribution in [-0.4, -0.2) is 37.6 Å². The standard InChI is InChI=1S/C11H9ClN4Se/c12-10-9-8(14-6-15-10)7(5-13)11(17-9)16-3-1-2-4-16/h6H,1-4H2. The van der Waals surface area contributed by atoms with Gasteiger partial charge in [0.2, 0.25) is 0 Å². The van der Waals surface area contributed by atoms with Gasteiger partial charge in [0.05, 0.1) is 0 Å². The summed E-state index contributed by atoms with van der Waals surface area (Å²) in [6.07, 6.45) is 3.84. The first-order chi connectivity index (χ1) is 8.31. The molecule has 0 unspecified atom stereocenters. The topological polar surface area (TPSA) is 52.8 Å². The van der Waals surface area contributed by atoms with E-state index in [-0.39, 0.29) is 14.5 Å². The average Bonchev–Trinajstić information content (AvgIpc) is 2.95. The van der Waals surface area contributed by atoms with Crippen molar-refractivity contribution in [2.45, 2.75) is 12.8 Å². The van der Waals surface area contributed by atoms with Gasteiger partial charge in [0, 0.05) is 0 Å². The maximum atomic E-state index is 9.31. The summed E-state index contributed by atoms with van der Waals surface area (Å²) in [7, 11) is 0. The number of rotatable bonds is 1. The third-order valence-electron chi connectivity index (χ3n) is 2.91. The van der Waals surface area contributed by atoms with Gasteiger partial charge in [-0.05, 0) is 0 Å². The summed E-state index contributed by atoms with van der Waals surface area (Å²) in [5.41, 5.74) is 1.45. The van der Waals surface area contributed by atoms with Crippen molar-refractivity contribution in [3.8, 4) is 6.07 Å². The Morgan fingerprint density at radius 3 is 2.82 bits per heavy atom. The molecule has 0 aliphatic carbocycles. The van der Waals surface area contributed by atoms with Crippen LogP contribution in [0.15, 0.2) is 6.33 Å². The number of halogens is 1. The molecule has 2 aromatic heterocycles. The van der Waals surface area contributed by atoms with Crippen LogP contribution in [0.5, 0.6) is 0 Å². The Morgan fingerprint density at radius 2 is 2.12 bits per heavy atom. The Balaban J connectivity index is 2.24. The van der Waals surface area contributed by atoms with Gasteiger partial charge in [0.25, 0.3) is 0 Å². The zero-order chi connectivity index (χ0) is 11.8. The second kappa shape index (κ2) is 4.30. The SMILES string of the molecule is N#Cc1c(N2CCCC2)[se]c2c(Cl)ncnc12. The Kier molecular flexibility index (Phi) is 2.79. The molecule has 4 nitrogen and oxygen atoms in total. The van der Waals surface area contributed by atoms with E-state index >= 15 is 0 Å². The minimum absolute atomic E-state index is 0.0725. The maximum absolute atomic E-state index is 9.31. The van der Waals surface area contributed by atoms with Gasteiger partial charge < -0.3 is 0 Å². The summed E-state index contributed by atoms with van der Waals surface area (Å²) < 4.78 is 2.09. The Labute approximate surface area is 110 Å². The van der Waals surface area contributed by atoms with E-state index in [4.69, 9.17) is 11.6 Å². The van der Waals surface area contributed by atoms with Crippen molar-refractivity contribution in [1.82, 2.24) is 9.97 Å². The molecule has 0 saturated carbocycles. The van der Waals surface area contributed by atoms with Crippen LogP contribution in [0.2, 0.25) is 5.15 Å². The molecule has 1 aliphatic heterocycles. The van der Waals surface area contributed by atoms with E-state index in [1.165, 1.54) is 19.2 Å². The second-order valence-electron chi connectivity index (χ2n) is 3.93. The second-order valence-corrected chi connectivity index (χ2v) is 6.38. The molecule has 1 fully saturated rings. The van der Waals surface area contributed by atoms with Gasteiger partial charge in [0.1, 0.15) is 0 Å². The van der Waals surface area contributed by atoms with E-state index in [1.54, 1.807) is 0 Å². The van der Waals surface area contributed by atoms with Crippen molar-refractivity contribution in [2.75, 3.05) is 18.0 Å². The average molecular weight is 312 g/mol. The van der Waals surface area contributed by atoms with Crippen LogP contribution in [0, 0.1) is 11.3 Å². The van der Waals surface area contributed by atoms with Crippen molar-refractivity contribution < 1.29 is 0 Å². The molecule has 0 radical (unpaired) electrons. The van der Waals surface area contributed by atoms with Crippen LogP contribution in [0.1, 0.15) is 18.4 Å². The van der Waals surface area contributed by atoms with Crippen LogP contribution in [0.4, 0.5) is 4.56 Å². The summed E-state index contributed by atoms with van der Waals surface area (Å²) >= 11 is 6.15. The summed E-state index contributed by atoms with van der Waals surface area (Å²) in [6, 6.07) is 2.28. The first kappa shape index (κ1) is 11.0. The van der Waals surface area contributed by atoms with Crippen molar-refractivity contribution in [1.29, 1.82) is 5.26 Å². The molecule has 0 bridgehead atoms. The monoisotopic (exact) mass is 312 g/mol. The van der Waals surface area contributed by atoms with Crippen molar-refractivity contribution in [3.05, 3.63) is 17.0 Å². The van der Waals surface area contributed by atoms with E-state index in [0.29, 0.717) is 10.7 Å². The number of fused-ring (bicyclic) bond motifs is 1. The van der Waals surface area contributed by atoms with E-state index in [9.17, 15) is 5.26 Å². The van der Waals surface area contributed by atoms with Crippen LogP contribution in [0.3, 0.4) is 0 Å². The molecular weight excluding hydrogens is 303 g/mol. The van der Waals surface area contributed by atoms with E-state index in [2.05, 4.69) is 20.9 Å². The summed E-state index contributed by atoms with van der Waals surface area (Å²) in [6.45, 7) is 2.09. The number of anilines is 1. The van der Waals surface area contributed by atoms with Gasteiger partial charge in [-0.3, -0.25) is 0 Å².